The zero-order valence-electron chi connectivity index (χ0n) is 19.8. The second-order valence-corrected chi connectivity index (χ2v) is 9.01. The van der Waals surface area contributed by atoms with Crippen molar-refractivity contribution in [2.45, 2.75) is 13.1 Å². The molecule has 10 nitrogen and oxygen atoms in total. The van der Waals surface area contributed by atoms with Crippen molar-refractivity contribution < 1.29 is 14.5 Å². The van der Waals surface area contributed by atoms with Gasteiger partial charge in [-0.1, -0.05) is 36.4 Å². The third-order valence-electron chi connectivity index (χ3n) is 6.44. The Morgan fingerprint density at radius 3 is 2.16 bits per heavy atom. The number of ether oxygens (including phenoxy) is 1. The van der Waals surface area contributed by atoms with E-state index in [9.17, 15) is 24.5 Å². The van der Waals surface area contributed by atoms with Gasteiger partial charge in [-0.05, 0) is 35.4 Å². The molecule has 0 bridgehead atoms. The van der Waals surface area contributed by atoms with Crippen LogP contribution in [0.15, 0.2) is 82.4 Å². The van der Waals surface area contributed by atoms with Gasteiger partial charge in [-0.15, -0.1) is 0 Å². The molecule has 1 aliphatic heterocycles. The summed E-state index contributed by atoms with van der Waals surface area (Å²) in [6.07, 6.45) is 0. The Morgan fingerprint density at radius 2 is 1.54 bits per heavy atom. The molecule has 0 aliphatic carbocycles. The lowest BCUT2D eigenvalue weighted by Gasteiger charge is -2.25. The van der Waals surface area contributed by atoms with E-state index in [4.69, 9.17) is 4.74 Å². The van der Waals surface area contributed by atoms with Crippen molar-refractivity contribution in [1.29, 1.82) is 0 Å². The molecule has 1 fully saturated rings. The van der Waals surface area contributed by atoms with Crippen molar-refractivity contribution in [2.75, 3.05) is 19.8 Å². The third-order valence-corrected chi connectivity index (χ3v) is 6.44. The number of carbonyl (C=O) groups excluding carboxylic acids is 1. The molecule has 1 N–H and O–H groups in total. The zero-order valence-corrected chi connectivity index (χ0v) is 19.8. The second kappa shape index (κ2) is 10.2. The van der Waals surface area contributed by atoms with Crippen LogP contribution in [0.2, 0.25) is 0 Å². The van der Waals surface area contributed by atoms with Crippen LogP contribution in [0.3, 0.4) is 0 Å². The third kappa shape index (κ3) is 5.05. The van der Waals surface area contributed by atoms with Gasteiger partial charge in [0.15, 0.2) is 0 Å². The number of nitro groups is 1. The molecule has 0 spiro atoms. The average Bonchev–Trinajstić information content (AvgIpc) is 2.88. The van der Waals surface area contributed by atoms with Crippen molar-refractivity contribution in [3.8, 4) is 0 Å². The number of nitro benzene ring substituents is 1. The van der Waals surface area contributed by atoms with Gasteiger partial charge in [-0.3, -0.25) is 28.8 Å². The van der Waals surface area contributed by atoms with Crippen LogP contribution in [0.1, 0.15) is 21.5 Å². The van der Waals surface area contributed by atoms with Crippen LogP contribution < -0.4 is 16.6 Å². The SMILES string of the molecule is O=C(NCC1COC1)c1ccc(Cn2c(=O)c3ccccc3n(Cc3ccc([N+](=O)[O-])cc3)c2=O)cc1. The Hall–Kier alpha value is -4.57. The summed E-state index contributed by atoms with van der Waals surface area (Å²) >= 11 is 0. The molecule has 0 saturated carbocycles. The number of hydrogen-bond donors (Lipinski definition) is 1. The van der Waals surface area contributed by atoms with Gasteiger partial charge in [-0.25, -0.2) is 4.79 Å². The monoisotopic (exact) mass is 500 g/mol. The fourth-order valence-electron chi connectivity index (χ4n) is 4.25. The van der Waals surface area contributed by atoms with Crippen molar-refractivity contribution in [3.05, 3.63) is 120 Å². The summed E-state index contributed by atoms with van der Waals surface area (Å²) in [4.78, 5) is 49.6. The first-order valence-corrected chi connectivity index (χ1v) is 11.8. The van der Waals surface area contributed by atoms with E-state index in [0.717, 1.165) is 0 Å². The first-order valence-electron chi connectivity index (χ1n) is 11.8. The van der Waals surface area contributed by atoms with Crippen LogP contribution in [0, 0.1) is 16.0 Å². The lowest BCUT2D eigenvalue weighted by Crippen LogP contribution is -2.40. The van der Waals surface area contributed by atoms with E-state index < -0.39 is 16.2 Å². The second-order valence-electron chi connectivity index (χ2n) is 9.01. The summed E-state index contributed by atoms with van der Waals surface area (Å²) in [5, 5.41) is 14.2. The Morgan fingerprint density at radius 1 is 0.919 bits per heavy atom. The van der Waals surface area contributed by atoms with Crippen LogP contribution in [0.25, 0.3) is 10.9 Å². The normalized spacial score (nSPS) is 13.3. The Kier molecular flexibility index (Phi) is 6.65. The van der Waals surface area contributed by atoms with Gasteiger partial charge in [0.25, 0.3) is 17.2 Å². The number of non-ortho nitro benzene ring substituents is 1. The van der Waals surface area contributed by atoms with Crippen molar-refractivity contribution in [1.82, 2.24) is 14.5 Å². The largest absolute Gasteiger partial charge is 0.381 e. The number of para-hydroxylation sites is 1. The number of aromatic nitrogens is 2. The molecule has 10 heteroatoms. The van der Waals surface area contributed by atoms with E-state index in [1.54, 1.807) is 60.7 Å². The summed E-state index contributed by atoms with van der Waals surface area (Å²) in [6.45, 7) is 2.04. The van der Waals surface area contributed by atoms with Crippen LogP contribution in [-0.4, -0.2) is 39.7 Å². The number of nitrogens with one attached hydrogen (secondary N) is 1. The quantitative estimate of drug-likeness (QED) is 0.293. The van der Waals surface area contributed by atoms with Crippen molar-refractivity contribution in [3.63, 3.8) is 0 Å². The molecule has 1 aromatic heterocycles. The lowest BCUT2D eigenvalue weighted by atomic mass is 10.1. The highest BCUT2D eigenvalue weighted by Crippen LogP contribution is 2.15. The smallest absolute Gasteiger partial charge is 0.332 e. The molecule has 0 radical (unpaired) electrons. The Bertz CT molecular complexity index is 1590. The van der Waals surface area contributed by atoms with Gasteiger partial charge in [0.2, 0.25) is 0 Å². The number of benzene rings is 3. The minimum absolute atomic E-state index is 0.0318. The van der Waals surface area contributed by atoms with E-state index in [1.807, 2.05) is 0 Å². The van der Waals surface area contributed by atoms with Gasteiger partial charge in [-0.2, -0.15) is 0 Å². The van der Waals surface area contributed by atoms with Crippen LogP contribution in [-0.2, 0) is 17.8 Å². The van der Waals surface area contributed by atoms with E-state index in [1.165, 1.54) is 21.3 Å². The van der Waals surface area contributed by atoms with Gasteiger partial charge < -0.3 is 10.1 Å². The molecule has 1 amide bonds. The first kappa shape index (κ1) is 24.1. The number of hydrogen-bond acceptors (Lipinski definition) is 6. The molecule has 1 saturated heterocycles. The minimum Gasteiger partial charge on any atom is -0.381 e. The summed E-state index contributed by atoms with van der Waals surface area (Å²) in [6, 6.07) is 19.6. The summed E-state index contributed by atoms with van der Waals surface area (Å²) in [7, 11) is 0. The number of rotatable bonds is 8. The molecule has 1 aliphatic rings. The summed E-state index contributed by atoms with van der Waals surface area (Å²) in [5.74, 6) is 0.156. The van der Waals surface area contributed by atoms with Crippen molar-refractivity contribution in [2.24, 2.45) is 5.92 Å². The van der Waals surface area contributed by atoms with Gasteiger partial charge in [0.05, 0.1) is 42.1 Å². The number of amides is 1. The number of nitrogens with zero attached hydrogens (tertiary/aromatic N) is 3. The van der Waals surface area contributed by atoms with Gasteiger partial charge in [0.1, 0.15) is 0 Å². The highest BCUT2D eigenvalue weighted by molar-refractivity contribution is 5.94. The van der Waals surface area contributed by atoms with Gasteiger partial charge in [0, 0.05) is 30.2 Å². The maximum absolute atomic E-state index is 13.5. The molecule has 4 aromatic rings. The maximum Gasteiger partial charge on any atom is 0.332 e. The molecule has 0 unspecified atom stereocenters. The van der Waals surface area contributed by atoms with E-state index in [2.05, 4.69) is 5.32 Å². The fraction of sp³-hybridized carbons (Fsp3) is 0.222. The molecular formula is C27H24N4O6. The first-order chi connectivity index (χ1) is 17.9. The molecule has 2 heterocycles. The molecule has 188 valence electrons. The minimum atomic E-state index is -0.494. The highest BCUT2D eigenvalue weighted by atomic mass is 16.6. The van der Waals surface area contributed by atoms with E-state index in [-0.39, 0.29) is 24.7 Å². The average molecular weight is 501 g/mol. The maximum atomic E-state index is 13.5. The molecule has 0 atom stereocenters. The van der Waals surface area contributed by atoms with E-state index in [0.29, 0.717) is 53.3 Å². The van der Waals surface area contributed by atoms with Crippen LogP contribution in [0.4, 0.5) is 5.69 Å². The Labute approximate surface area is 210 Å². The molecule has 3 aromatic carbocycles. The predicted octanol–water partition coefficient (Wildman–Crippen LogP) is 2.54. The standard InChI is InChI=1S/C27H24N4O6/c32-25(28-13-20-16-37-17-20)21-9-5-18(6-10-21)15-30-26(33)23-3-1-2-4-24(23)29(27(30)34)14-19-7-11-22(12-8-19)31(35)36/h1-12,20H,13-17H2,(H,28,32). The molecular weight excluding hydrogens is 476 g/mol. The summed E-state index contributed by atoms with van der Waals surface area (Å²) in [5.41, 5.74) is 1.41. The highest BCUT2D eigenvalue weighted by Gasteiger charge is 2.19. The van der Waals surface area contributed by atoms with E-state index >= 15 is 0 Å². The lowest BCUT2D eigenvalue weighted by molar-refractivity contribution is -0.384. The van der Waals surface area contributed by atoms with Crippen LogP contribution in [0.5, 0.6) is 0 Å². The molecule has 37 heavy (non-hydrogen) atoms. The Balaban J connectivity index is 1.43. The van der Waals surface area contributed by atoms with Gasteiger partial charge >= 0.3 is 5.69 Å². The van der Waals surface area contributed by atoms with Crippen LogP contribution >= 0.6 is 0 Å². The topological polar surface area (TPSA) is 125 Å². The summed E-state index contributed by atoms with van der Waals surface area (Å²) < 4.78 is 7.77. The number of carbonyl (C=O) groups is 1. The predicted molar refractivity (Wildman–Crippen MR) is 137 cm³/mol. The number of fused-ring (bicyclic) bond motifs is 1. The fourth-order valence-corrected chi connectivity index (χ4v) is 4.25. The molecule has 5 rings (SSSR count). The zero-order chi connectivity index (χ0) is 25.9. The van der Waals surface area contributed by atoms with Crippen molar-refractivity contribution >= 4 is 22.5 Å².